The second-order valence-corrected chi connectivity index (χ2v) is 8.85. The molecule has 148 valence electrons. The fourth-order valence-electron chi connectivity index (χ4n) is 5.52. The summed E-state index contributed by atoms with van der Waals surface area (Å²) in [5.41, 5.74) is 1.26. The van der Waals surface area contributed by atoms with E-state index in [0.717, 1.165) is 31.3 Å². The van der Waals surface area contributed by atoms with Crippen molar-refractivity contribution in [1.82, 2.24) is 10.2 Å². The van der Waals surface area contributed by atoms with Crippen LogP contribution in [0.4, 0.5) is 0 Å². The Morgan fingerprint density at radius 3 is 2.85 bits per heavy atom. The number of morpholine rings is 1. The van der Waals surface area contributed by atoms with Gasteiger partial charge in [-0.25, -0.2) is 0 Å². The summed E-state index contributed by atoms with van der Waals surface area (Å²) < 4.78 is 5.67. The molecule has 0 aromatic heterocycles. The van der Waals surface area contributed by atoms with E-state index in [2.05, 4.69) is 41.4 Å². The second-order valence-electron chi connectivity index (χ2n) is 8.85. The maximum absolute atomic E-state index is 13.1. The Morgan fingerprint density at radius 1 is 1.19 bits per heavy atom. The maximum atomic E-state index is 13.1. The first-order chi connectivity index (χ1) is 13.2. The Morgan fingerprint density at radius 2 is 2.04 bits per heavy atom. The number of hydrogen-bond acceptors (Lipinski definition) is 3. The van der Waals surface area contributed by atoms with Crippen LogP contribution < -0.4 is 5.32 Å². The van der Waals surface area contributed by atoms with E-state index in [0.29, 0.717) is 25.2 Å². The average Bonchev–Trinajstić information content (AvgIpc) is 2.71. The predicted octanol–water partition coefficient (Wildman–Crippen LogP) is 3.61. The van der Waals surface area contributed by atoms with Crippen LogP contribution in [0.5, 0.6) is 0 Å². The lowest BCUT2D eigenvalue weighted by atomic mass is 9.65. The molecule has 4 rings (SSSR count). The molecule has 4 nitrogen and oxygen atoms in total. The highest BCUT2D eigenvalue weighted by Gasteiger charge is 2.39. The number of hydrogen-bond donors (Lipinski definition) is 1. The van der Waals surface area contributed by atoms with Gasteiger partial charge in [0.2, 0.25) is 5.91 Å². The van der Waals surface area contributed by atoms with Crippen molar-refractivity contribution in [2.24, 2.45) is 17.8 Å². The molecule has 27 heavy (non-hydrogen) atoms. The van der Waals surface area contributed by atoms with Gasteiger partial charge in [0.05, 0.1) is 13.2 Å². The van der Waals surface area contributed by atoms with Crippen molar-refractivity contribution in [2.75, 3.05) is 19.8 Å². The Bertz CT molecular complexity index is 620. The van der Waals surface area contributed by atoms with Gasteiger partial charge in [-0.15, -0.1) is 0 Å². The minimum atomic E-state index is -0.165. The van der Waals surface area contributed by atoms with E-state index in [1.807, 2.05) is 6.07 Å². The molecule has 3 fully saturated rings. The molecule has 2 aliphatic carbocycles. The molecule has 1 aromatic rings. The van der Waals surface area contributed by atoms with Crippen molar-refractivity contribution in [3.8, 4) is 0 Å². The number of nitrogens with zero attached hydrogens (tertiary/aromatic N) is 1. The van der Waals surface area contributed by atoms with Gasteiger partial charge in [0.15, 0.2) is 0 Å². The van der Waals surface area contributed by atoms with Gasteiger partial charge in [0.25, 0.3) is 0 Å². The van der Waals surface area contributed by atoms with Crippen LogP contribution in [0.2, 0.25) is 0 Å². The van der Waals surface area contributed by atoms with Crippen LogP contribution in [0.3, 0.4) is 0 Å². The zero-order chi connectivity index (χ0) is 18.6. The lowest BCUT2D eigenvalue weighted by Gasteiger charge is -2.44. The Labute approximate surface area is 163 Å². The highest BCUT2D eigenvalue weighted by Crippen LogP contribution is 2.43. The molecule has 0 radical (unpaired) electrons. The van der Waals surface area contributed by atoms with E-state index < -0.39 is 0 Å². The SMILES string of the molecule is CCC1CC2CCC(NC(=O)C3COCCN3Cc3ccccc3)C(C1)C2. The van der Waals surface area contributed by atoms with Gasteiger partial charge in [-0.3, -0.25) is 9.69 Å². The summed E-state index contributed by atoms with van der Waals surface area (Å²) in [5.74, 6) is 2.61. The van der Waals surface area contributed by atoms with Crippen LogP contribution >= 0.6 is 0 Å². The third kappa shape index (κ3) is 4.55. The number of carbonyl (C=O) groups is 1. The molecule has 5 unspecified atom stereocenters. The van der Waals surface area contributed by atoms with Crippen LogP contribution in [-0.4, -0.2) is 42.6 Å². The zero-order valence-corrected chi connectivity index (χ0v) is 16.6. The Hall–Kier alpha value is -1.39. The first-order valence-corrected chi connectivity index (χ1v) is 10.9. The van der Waals surface area contributed by atoms with E-state index in [-0.39, 0.29) is 11.9 Å². The summed E-state index contributed by atoms with van der Waals surface area (Å²) in [6, 6.07) is 10.6. The molecule has 2 saturated carbocycles. The largest absolute Gasteiger partial charge is 0.378 e. The molecule has 1 N–H and O–H groups in total. The summed E-state index contributed by atoms with van der Waals surface area (Å²) in [6.07, 6.45) is 7.75. The highest BCUT2D eigenvalue weighted by molar-refractivity contribution is 5.82. The van der Waals surface area contributed by atoms with Crippen molar-refractivity contribution < 1.29 is 9.53 Å². The summed E-state index contributed by atoms with van der Waals surface area (Å²) >= 11 is 0. The smallest absolute Gasteiger partial charge is 0.239 e. The topological polar surface area (TPSA) is 41.6 Å². The molecule has 1 heterocycles. The van der Waals surface area contributed by atoms with Gasteiger partial charge in [0.1, 0.15) is 6.04 Å². The van der Waals surface area contributed by atoms with Gasteiger partial charge < -0.3 is 10.1 Å². The monoisotopic (exact) mass is 370 g/mol. The van der Waals surface area contributed by atoms with E-state index in [4.69, 9.17) is 4.74 Å². The number of nitrogens with one attached hydrogen (secondary N) is 1. The van der Waals surface area contributed by atoms with Crippen molar-refractivity contribution in [2.45, 2.75) is 64.1 Å². The number of ether oxygens (including phenoxy) is 1. The van der Waals surface area contributed by atoms with Crippen LogP contribution in [0.15, 0.2) is 30.3 Å². The van der Waals surface area contributed by atoms with Crippen LogP contribution in [-0.2, 0) is 16.1 Å². The fraction of sp³-hybridized carbons (Fsp3) is 0.696. The van der Waals surface area contributed by atoms with Crippen molar-refractivity contribution in [1.29, 1.82) is 0 Å². The number of rotatable bonds is 5. The lowest BCUT2D eigenvalue weighted by Crippen LogP contribution is -2.57. The molecule has 0 spiro atoms. The summed E-state index contributed by atoms with van der Waals surface area (Å²) in [5, 5.41) is 3.44. The summed E-state index contributed by atoms with van der Waals surface area (Å²) in [7, 11) is 0. The van der Waals surface area contributed by atoms with Gasteiger partial charge in [0, 0.05) is 19.1 Å². The third-order valence-electron chi connectivity index (χ3n) is 7.07. The van der Waals surface area contributed by atoms with Gasteiger partial charge >= 0.3 is 0 Å². The zero-order valence-electron chi connectivity index (χ0n) is 16.6. The van der Waals surface area contributed by atoms with Crippen LogP contribution in [0.25, 0.3) is 0 Å². The van der Waals surface area contributed by atoms with Crippen molar-refractivity contribution >= 4 is 5.91 Å². The minimum absolute atomic E-state index is 0.165. The molecule has 1 saturated heterocycles. The quantitative estimate of drug-likeness (QED) is 0.861. The van der Waals surface area contributed by atoms with Gasteiger partial charge in [-0.2, -0.15) is 0 Å². The minimum Gasteiger partial charge on any atom is -0.378 e. The molecule has 1 aliphatic heterocycles. The molecule has 5 atom stereocenters. The predicted molar refractivity (Wildman–Crippen MR) is 107 cm³/mol. The number of fused-ring (bicyclic) bond motifs is 2. The number of benzene rings is 1. The normalized spacial score (nSPS) is 34.2. The molecule has 1 amide bonds. The fourth-order valence-corrected chi connectivity index (χ4v) is 5.52. The first-order valence-electron chi connectivity index (χ1n) is 10.9. The summed E-state index contributed by atoms with van der Waals surface area (Å²) in [6.45, 7) is 5.18. The van der Waals surface area contributed by atoms with Gasteiger partial charge in [-0.1, -0.05) is 43.7 Å². The number of carbonyl (C=O) groups excluding carboxylic acids is 1. The van der Waals surface area contributed by atoms with E-state index >= 15 is 0 Å². The maximum Gasteiger partial charge on any atom is 0.239 e. The van der Waals surface area contributed by atoms with E-state index in [1.54, 1.807) is 0 Å². The molecule has 4 heteroatoms. The molecule has 2 bridgehead atoms. The average molecular weight is 371 g/mol. The first kappa shape index (κ1) is 18.9. The Kier molecular flexibility index (Phi) is 6.14. The van der Waals surface area contributed by atoms with Crippen molar-refractivity contribution in [3.05, 3.63) is 35.9 Å². The van der Waals surface area contributed by atoms with E-state index in [1.165, 1.54) is 37.7 Å². The highest BCUT2D eigenvalue weighted by atomic mass is 16.5. The molecule has 3 aliphatic rings. The third-order valence-corrected chi connectivity index (χ3v) is 7.07. The molecule has 1 aromatic carbocycles. The Balaban J connectivity index is 1.38. The summed E-state index contributed by atoms with van der Waals surface area (Å²) in [4.78, 5) is 15.4. The van der Waals surface area contributed by atoms with Gasteiger partial charge in [-0.05, 0) is 55.4 Å². The van der Waals surface area contributed by atoms with Crippen molar-refractivity contribution in [3.63, 3.8) is 0 Å². The molecular weight excluding hydrogens is 336 g/mol. The second kappa shape index (κ2) is 8.74. The van der Waals surface area contributed by atoms with Crippen LogP contribution in [0.1, 0.15) is 51.0 Å². The van der Waals surface area contributed by atoms with Crippen LogP contribution in [0, 0.1) is 17.8 Å². The van der Waals surface area contributed by atoms with E-state index in [9.17, 15) is 4.79 Å². The molecular formula is C23H34N2O2. The lowest BCUT2D eigenvalue weighted by molar-refractivity contribution is -0.134. The number of amides is 1. The standard InChI is InChI=1S/C23H34N2O2/c1-2-17-12-19-8-9-21(20(13-17)14-19)24-23(26)22-16-27-11-10-25(22)15-18-6-4-3-5-7-18/h3-7,17,19-22H,2,8-16H2,1H3,(H,24,26).